The molecule has 1 aliphatic carbocycles. The van der Waals surface area contributed by atoms with Gasteiger partial charge in [0.1, 0.15) is 5.75 Å². The highest BCUT2D eigenvalue weighted by atomic mass is 16.3. The Balaban J connectivity index is 1.98. The lowest BCUT2D eigenvalue weighted by molar-refractivity contribution is 0.475. The van der Waals surface area contributed by atoms with Gasteiger partial charge in [-0.05, 0) is 43.2 Å². The first kappa shape index (κ1) is 9.33. The monoisotopic (exact) mass is 212 g/mol. The molecule has 0 aliphatic heterocycles. The molecule has 1 heterocycles. The maximum atomic E-state index is 9.22. The molecule has 3 heteroatoms. The Morgan fingerprint density at radius 1 is 1.06 bits per heavy atom. The average molecular weight is 212 g/mol. The molecular formula is C13H12N2O. The number of benzene rings is 1. The van der Waals surface area contributed by atoms with Gasteiger partial charge in [-0.3, -0.25) is 0 Å². The van der Waals surface area contributed by atoms with E-state index in [0.717, 1.165) is 17.1 Å². The van der Waals surface area contributed by atoms with Crippen LogP contribution >= 0.6 is 0 Å². The Morgan fingerprint density at radius 3 is 2.50 bits per heavy atom. The van der Waals surface area contributed by atoms with E-state index in [9.17, 15) is 5.11 Å². The summed E-state index contributed by atoms with van der Waals surface area (Å²) in [5.41, 5.74) is 2.08. The molecule has 0 bridgehead atoms. The molecule has 16 heavy (non-hydrogen) atoms. The summed E-state index contributed by atoms with van der Waals surface area (Å²) in [6, 6.07) is 8.97. The lowest BCUT2D eigenvalue weighted by Gasteiger charge is -2.02. The predicted molar refractivity (Wildman–Crippen MR) is 61.1 cm³/mol. The number of phenolic OH excluding ortho intramolecular Hbond substituents is 1. The third-order valence-electron chi connectivity index (χ3n) is 2.80. The quantitative estimate of drug-likeness (QED) is 0.832. The molecule has 1 saturated carbocycles. The highest BCUT2D eigenvalue weighted by Gasteiger charge is 2.25. The van der Waals surface area contributed by atoms with Crippen LogP contribution in [0.4, 0.5) is 0 Å². The molecule has 3 nitrogen and oxygen atoms in total. The van der Waals surface area contributed by atoms with Crippen molar-refractivity contribution in [3.8, 4) is 17.1 Å². The first-order chi connectivity index (χ1) is 7.83. The van der Waals surface area contributed by atoms with Gasteiger partial charge >= 0.3 is 0 Å². The minimum Gasteiger partial charge on any atom is -0.508 e. The molecule has 1 fully saturated rings. The van der Waals surface area contributed by atoms with Crippen molar-refractivity contribution < 1.29 is 5.11 Å². The van der Waals surface area contributed by atoms with Gasteiger partial charge in [0, 0.05) is 23.4 Å². The smallest absolute Gasteiger partial charge is 0.159 e. The van der Waals surface area contributed by atoms with Gasteiger partial charge in [0.15, 0.2) is 5.82 Å². The normalized spacial score (nSPS) is 15.0. The maximum absolute atomic E-state index is 9.22. The molecule has 3 rings (SSSR count). The van der Waals surface area contributed by atoms with Gasteiger partial charge in [0.05, 0.1) is 0 Å². The number of phenols is 1. The molecule has 0 amide bonds. The van der Waals surface area contributed by atoms with E-state index in [4.69, 9.17) is 0 Å². The van der Waals surface area contributed by atoms with E-state index in [2.05, 4.69) is 9.97 Å². The van der Waals surface area contributed by atoms with Crippen LogP contribution in [0.25, 0.3) is 11.4 Å². The predicted octanol–water partition coefficient (Wildman–Crippen LogP) is 2.73. The van der Waals surface area contributed by atoms with Crippen LogP contribution in [0, 0.1) is 0 Å². The number of nitrogens with zero attached hydrogens (tertiary/aromatic N) is 2. The molecule has 1 aromatic heterocycles. The second-order valence-corrected chi connectivity index (χ2v) is 4.13. The van der Waals surface area contributed by atoms with Crippen molar-refractivity contribution in [2.24, 2.45) is 0 Å². The van der Waals surface area contributed by atoms with Crippen molar-refractivity contribution in [1.29, 1.82) is 0 Å². The van der Waals surface area contributed by atoms with Crippen LogP contribution in [-0.2, 0) is 0 Å². The summed E-state index contributed by atoms with van der Waals surface area (Å²) in [6.07, 6.45) is 4.29. The topological polar surface area (TPSA) is 46.0 Å². The highest BCUT2D eigenvalue weighted by Crippen LogP contribution is 2.39. The van der Waals surface area contributed by atoms with E-state index in [-0.39, 0.29) is 5.75 Å². The van der Waals surface area contributed by atoms with Gasteiger partial charge < -0.3 is 5.11 Å². The van der Waals surface area contributed by atoms with Gasteiger partial charge in [0.25, 0.3) is 0 Å². The Labute approximate surface area is 93.8 Å². The van der Waals surface area contributed by atoms with Crippen LogP contribution in [0.15, 0.2) is 36.5 Å². The molecule has 0 atom stereocenters. The van der Waals surface area contributed by atoms with E-state index in [1.807, 2.05) is 24.4 Å². The van der Waals surface area contributed by atoms with E-state index < -0.39 is 0 Å². The first-order valence-electron chi connectivity index (χ1n) is 5.45. The second-order valence-electron chi connectivity index (χ2n) is 4.13. The minimum absolute atomic E-state index is 0.266. The van der Waals surface area contributed by atoms with Crippen molar-refractivity contribution >= 4 is 0 Å². The van der Waals surface area contributed by atoms with Crippen molar-refractivity contribution in [3.05, 3.63) is 42.2 Å². The molecule has 80 valence electrons. The number of hydrogen-bond donors (Lipinski definition) is 1. The summed E-state index contributed by atoms with van der Waals surface area (Å²) in [5, 5.41) is 9.22. The number of hydrogen-bond acceptors (Lipinski definition) is 3. The molecule has 1 N–H and O–H groups in total. The summed E-state index contributed by atoms with van der Waals surface area (Å²) >= 11 is 0. The largest absolute Gasteiger partial charge is 0.508 e. The first-order valence-corrected chi connectivity index (χ1v) is 5.45. The van der Waals surface area contributed by atoms with Crippen molar-refractivity contribution in [2.45, 2.75) is 18.8 Å². The molecule has 0 radical (unpaired) electrons. The average Bonchev–Trinajstić information content (AvgIpc) is 3.14. The molecule has 0 unspecified atom stereocenters. The molecule has 1 aliphatic rings. The fourth-order valence-corrected chi connectivity index (χ4v) is 1.73. The fraction of sp³-hybridized carbons (Fsp3) is 0.231. The third-order valence-corrected chi connectivity index (χ3v) is 2.80. The minimum atomic E-state index is 0.266. The fourth-order valence-electron chi connectivity index (χ4n) is 1.73. The van der Waals surface area contributed by atoms with Gasteiger partial charge in [-0.25, -0.2) is 9.97 Å². The van der Waals surface area contributed by atoms with Crippen molar-refractivity contribution in [1.82, 2.24) is 9.97 Å². The highest BCUT2D eigenvalue weighted by molar-refractivity contribution is 5.56. The van der Waals surface area contributed by atoms with E-state index in [0.29, 0.717) is 5.92 Å². The van der Waals surface area contributed by atoms with Gasteiger partial charge in [-0.1, -0.05) is 0 Å². The Hall–Kier alpha value is -1.90. The van der Waals surface area contributed by atoms with Crippen LogP contribution < -0.4 is 0 Å². The van der Waals surface area contributed by atoms with Gasteiger partial charge in [0.2, 0.25) is 0 Å². The van der Waals surface area contributed by atoms with E-state index in [1.165, 1.54) is 12.8 Å². The zero-order valence-electron chi connectivity index (χ0n) is 8.80. The Morgan fingerprint density at radius 2 is 1.81 bits per heavy atom. The van der Waals surface area contributed by atoms with Crippen molar-refractivity contribution in [2.75, 3.05) is 0 Å². The summed E-state index contributed by atoms with van der Waals surface area (Å²) < 4.78 is 0. The summed E-state index contributed by atoms with van der Waals surface area (Å²) in [4.78, 5) is 8.80. The van der Waals surface area contributed by atoms with Crippen molar-refractivity contribution in [3.63, 3.8) is 0 Å². The summed E-state index contributed by atoms with van der Waals surface area (Å²) in [5.74, 6) is 1.64. The summed E-state index contributed by atoms with van der Waals surface area (Å²) in [7, 11) is 0. The lowest BCUT2D eigenvalue weighted by atomic mass is 10.2. The van der Waals surface area contributed by atoms with Crippen LogP contribution in [0.1, 0.15) is 24.5 Å². The van der Waals surface area contributed by atoms with Crippen LogP contribution in [0.5, 0.6) is 5.75 Å². The van der Waals surface area contributed by atoms with Gasteiger partial charge in [-0.2, -0.15) is 0 Å². The number of aromatic nitrogens is 2. The Bertz CT molecular complexity index is 504. The summed E-state index contributed by atoms with van der Waals surface area (Å²) in [6.45, 7) is 0. The third kappa shape index (κ3) is 1.76. The number of aromatic hydroxyl groups is 1. The molecule has 0 saturated heterocycles. The Kier molecular flexibility index (Phi) is 2.10. The maximum Gasteiger partial charge on any atom is 0.159 e. The van der Waals surface area contributed by atoms with Crippen LogP contribution in [0.3, 0.4) is 0 Å². The van der Waals surface area contributed by atoms with Crippen LogP contribution in [-0.4, -0.2) is 15.1 Å². The van der Waals surface area contributed by atoms with E-state index in [1.54, 1.807) is 12.1 Å². The SMILES string of the molecule is Oc1ccc(-c2nccc(C3CC3)n2)cc1. The molecule has 1 aromatic carbocycles. The second kappa shape index (κ2) is 3.59. The van der Waals surface area contributed by atoms with E-state index >= 15 is 0 Å². The number of rotatable bonds is 2. The molecular weight excluding hydrogens is 200 g/mol. The van der Waals surface area contributed by atoms with Crippen LogP contribution in [0.2, 0.25) is 0 Å². The molecule has 0 spiro atoms. The molecule has 2 aromatic rings. The zero-order chi connectivity index (χ0) is 11.0. The lowest BCUT2D eigenvalue weighted by Crippen LogP contribution is -1.92. The van der Waals surface area contributed by atoms with Gasteiger partial charge in [-0.15, -0.1) is 0 Å². The zero-order valence-corrected chi connectivity index (χ0v) is 8.80. The standard InChI is InChI=1S/C13H12N2O/c16-11-5-3-10(4-6-11)13-14-8-7-12(15-13)9-1-2-9/h3-9,16H,1-2H2.